The number of anilines is 1. The number of nitrogens with zero attached hydrogens (tertiary/aromatic N) is 1. The molecule has 1 atom stereocenters. The van der Waals surface area contributed by atoms with Crippen molar-refractivity contribution in [2.24, 2.45) is 11.7 Å². The molecular formula is C11H15FN2. The highest BCUT2D eigenvalue weighted by atomic mass is 19.1. The minimum Gasteiger partial charge on any atom is -0.371 e. The van der Waals surface area contributed by atoms with E-state index in [1.54, 1.807) is 0 Å². The van der Waals surface area contributed by atoms with Gasteiger partial charge in [-0.2, -0.15) is 0 Å². The first-order valence-corrected chi connectivity index (χ1v) is 5.00. The Bertz CT molecular complexity index is 297. The Hall–Kier alpha value is -1.09. The zero-order chi connectivity index (χ0) is 9.97. The van der Waals surface area contributed by atoms with Gasteiger partial charge in [-0.15, -0.1) is 0 Å². The quantitative estimate of drug-likeness (QED) is 0.775. The van der Waals surface area contributed by atoms with Gasteiger partial charge in [0.2, 0.25) is 0 Å². The minimum absolute atomic E-state index is 0.177. The number of nitrogens with two attached hydrogens (primary N) is 1. The molecule has 0 spiro atoms. The molecule has 1 aliphatic rings. The summed E-state index contributed by atoms with van der Waals surface area (Å²) in [5, 5.41) is 0. The van der Waals surface area contributed by atoms with Crippen molar-refractivity contribution in [1.82, 2.24) is 0 Å². The zero-order valence-electron chi connectivity index (χ0n) is 8.12. The number of benzene rings is 1. The topological polar surface area (TPSA) is 29.3 Å². The molecule has 0 radical (unpaired) electrons. The summed E-state index contributed by atoms with van der Waals surface area (Å²) in [5.41, 5.74) is 6.71. The summed E-state index contributed by atoms with van der Waals surface area (Å²) in [5.74, 6) is 0.420. The monoisotopic (exact) mass is 194 g/mol. The van der Waals surface area contributed by atoms with E-state index in [2.05, 4.69) is 4.90 Å². The van der Waals surface area contributed by atoms with Gasteiger partial charge in [0, 0.05) is 18.8 Å². The van der Waals surface area contributed by atoms with Crippen LogP contribution < -0.4 is 10.6 Å². The van der Waals surface area contributed by atoms with Gasteiger partial charge in [0.05, 0.1) is 0 Å². The predicted octanol–water partition coefficient (Wildman–Crippen LogP) is 1.61. The Morgan fingerprint density at radius 1 is 1.36 bits per heavy atom. The molecule has 2 N–H and O–H groups in total. The summed E-state index contributed by atoms with van der Waals surface area (Å²) < 4.78 is 12.7. The van der Waals surface area contributed by atoms with E-state index in [9.17, 15) is 4.39 Å². The fourth-order valence-corrected chi connectivity index (χ4v) is 1.91. The van der Waals surface area contributed by atoms with Gasteiger partial charge in [0.15, 0.2) is 0 Å². The average molecular weight is 194 g/mol. The van der Waals surface area contributed by atoms with Crippen LogP contribution in [-0.4, -0.2) is 19.6 Å². The first-order valence-electron chi connectivity index (χ1n) is 5.00. The zero-order valence-corrected chi connectivity index (χ0v) is 8.12. The first-order chi connectivity index (χ1) is 6.79. The molecule has 0 aliphatic carbocycles. The maximum absolute atomic E-state index is 12.7. The summed E-state index contributed by atoms with van der Waals surface area (Å²) in [7, 11) is 0. The molecule has 14 heavy (non-hydrogen) atoms. The third kappa shape index (κ3) is 1.87. The summed E-state index contributed by atoms with van der Waals surface area (Å²) in [6.45, 7) is 2.79. The number of rotatable bonds is 2. The molecule has 0 bridgehead atoms. The Morgan fingerprint density at radius 3 is 2.64 bits per heavy atom. The smallest absolute Gasteiger partial charge is 0.123 e. The average Bonchev–Trinajstić information content (AvgIpc) is 2.67. The molecule has 1 saturated heterocycles. The van der Waals surface area contributed by atoms with Crippen molar-refractivity contribution in [3.63, 3.8) is 0 Å². The van der Waals surface area contributed by atoms with Crippen LogP contribution in [0.4, 0.5) is 10.1 Å². The molecule has 1 aromatic rings. The van der Waals surface area contributed by atoms with E-state index in [4.69, 9.17) is 5.73 Å². The van der Waals surface area contributed by atoms with Crippen molar-refractivity contribution < 1.29 is 4.39 Å². The van der Waals surface area contributed by atoms with Crippen LogP contribution in [0.25, 0.3) is 0 Å². The molecule has 0 amide bonds. The van der Waals surface area contributed by atoms with Crippen molar-refractivity contribution in [2.45, 2.75) is 6.42 Å². The van der Waals surface area contributed by atoms with Gasteiger partial charge < -0.3 is 10.6 Å². The Labute approximate surface area is 83.5 Å². The molecule has 0 saturated carbocycles. The highest BCUT2D eigenvalue weighted by Gasteiger charge is 2.20. The van der Waals surface area contributed by atoms with Crippen molar-refractivity contribution in [2.75, 3.05) is 24.5 Å². The third-order valence-electron chi connectivity index (χ3n) is 2.81. The summed E-state index contributed by atoms with van der Waals surface area (Å²) >= 11 is 0. The van der Waals surface area contributed by atoms with Crippen LogP contribution in [-0.2, 0) is 0 Å². The molecule has 1 aromatic carbocycles. The van der Waals surface area contributed by atoms with Crippen molar-refractivity contribution >= 4 is 5.69 Å². The minimum atomic E-state index is -0.177. The van der Waals surface area contributed by atoms with Crippen molar-refractivity contribution in [3.05, 3.63) is 30.1 Å². The summed E-state index contributed by atoms with van der Waals surface area (Å²) in [6, 6.07) is 6.67. The van der Waals surface area contributed by atoms with Crippen molar-refractivity contribution in [1.29, 1.82) is 0 Å². The second-order valence-corrected chi connectivity index (χ2v) is 3.81. The van der Waals surface area contributed by atoms with E-state index in [1.165, 1.54) is 12.1 Å². The van der Waals surface area contributed by atoms with Gasteiger partial charge in [-0.05, 0) is 43.1 Å². The van der Waals surface area contributed by atoms with E-state index < -0.39 is 0 Å². The molecule has 2 nitrogen and oxygen atoms in total. The van der Waals surface area contributed by atoms with E-state index in [1.807, 2.05) is 12.1 Å². The molecule has 76 valence electrons. The molecule has 0 unspecified atom stereocenters. The normalized spacial score (nSPS) is 21.6. The summed E-state index contributed by atoms with van der Waals surface area (Å²) in [4.78, 5) is 2.26. The molecule has 0 aromatic heterocycles. The largest absolute Gasteiger partial charge is 0.371 e. The van der Waals surface area contributed by atoms with Crippen molar-refractivity contribution in [3.8, 4) is 0 Å². The lowest BCUT2D eigenvalue weighted by Crippen LogP contribution is -2.22. The molecule has 1 fully saturated rings. The van der Waals surface area contributed by atoms with Gasteiger partial charge in [-0.1, -0.05) is 0 Å². The van der Waals surface area contributed by atoms with E-state index in [-0.39, 0.29) is 5.82 Å². The lowest BCUT2D eigenvalue weighted by molar-refractivity contribution is 0.602. The van der Waals surface area contributed by atoms with Crippen LogP contribution in [0.2, 0.25) is 0 Å². The second kappa shape index (κ2) is 3.96. The second-order valence-electron chi connectivity index (χ2n) is 3.81. The standard InChI is InChI=1S/C11H15FN2/c12-10-1-3-11(4-2-10)14-6-5-9(7-13)8-14/h1-4,9H,5-8,13H2/t9-/m0/s1. The van der Waals surface area contributed by atoms with E-state index in [0.717, 1.165) is 31.7 Å². The number of hydrogen-bond acceptors (Lipinski definition) is 2. The fourth-order valence-electron chi connectivity index (χ4n) is 1.91. The van der Waals surface area contributed by atoms with Gasteiger partial charge in [-0.25, -0.2) is 4.39 Å². The SMILES string of the molecule is NC[C@@H]1CCN(c2ccc(F)cc2)C1. The van der Waals surface area contributed by atoms with Gasteiger partial charge >= 0.3 is 0 Å². The lowest BCUT2D eigenvalue weighted by atomic mass is 10.1. The van der Waals surface area contributed by atoms with E-state index in [0.29, 0.717) is 5.92 Å². The Kier molecular flexibility index (Phi) is 2.68. The Balaban J connectivity index is 2.06. The molecule has 3 heteroatoms. The van der Waals surface area contributed by atoms with Gasteiger partial charge in [-0.3, -0.25) is 0 Å². The van der Waals surface area contributed by atoms with Crippen LogP contribution in [0.3, 0.4) is 0 Å². The third-order valence-corrected chi connectivity index (χ3v) is 2.81. The summed E-state index contributed by atoms with van der Waals surface area (Å²) in [6.07, 6.45) is 1.15. The maximum Gasteiger partial charge on any atom is 0.123 e. The maximum atomic E-state index is 12.7. The lowest BCUT2D eigenvalue weighted by Gasteiger charge is -2.18. The predicted molar refractivity (Wildman–Crippen MR) is 55.8 cm³/mol. The highest BCUT2D eigenvalue weighted by Crippen LogP contribution is 2.23. The molecule has 1 heterocycles. The number of hydrogen-bond donors (Lipinski definition) is 1. The van der Waals surface area contributed by atoms with E-state index >= 15 is 0 Å². The van der Waals surface area contributed by atoms with Crippen LogP contribution in [0.1, 0.15) is 6.42 Å². The molecule has 1 aliphatic heterocycles. The van der Waals surface area contributed by atoms with Crippen LogP contribution >= 0.6 is 0 Å². The van der Waals surface area contributed by atoms with Gasteiger partial charge in [0.25, 0.3) is 0 Å². The van der Waals surface area contributed by atoms with Crippen LogP contribution in [0.5, 0.6) is 0 Å². The molecule has 2 rings (SSSR count). The van der Waals surface area contributed by atoms with Gasteiger partial charge in [0.1, 0.15) is 5.82 Å². The number of halogens is 1. The molecular weight excluding hydrogens is 179 g/mol. The fraction of sp³-hybridized carbons (Fsp3) is 0.455. The van der Waals surface area contributed by atoms with Crippen LogP contribution in [0.15, 0.2) is 24.3 Å². The highest BCUT2D eigenvalue weighted by molar-refractivity contribution is 5.47. The first kappa shape index (κ1) is 9.46. The Morgan fingerprint density at radius 2 is 2.07 bits per heavy atom. The van der Waals surface area contributed by atoms with Crippen LogP contribution in [0, 0.1) is 11.7 Å².